The maximum atomic E-state index is 10.8. The molecule has 0 spiro atoms. The summed E-state index contributed by atoms with van der Waals surface area (Å²) < 4.78 is 10.4. The van der Waals surface area contributed by atoms with E-state index in [2.05, 4.69) is 4.98 Å². The third kappa shape index (κ3) is 2.27. The number of carbonyl (C=O) groups is 1. The first kappa shape index (κ1) is 9.98. The first-order chi connectivity index (χ1) is 7.15. The second-order valence-corrected chi connectivity index (χ2v) is 3.49. The largest absolute Gasteiger partial charge is 0.440 e. The molecule has 2 heterocycles. The number of halogens is 1. The lowest BCUT2D eigenvalue weighted by molar-refractivity contribution is -0.116. The number of ketones is 1. The molecule has 0 saturated heterocycles. The highest BCUT2D eigenvalue weighted by Crippen LogP contribution is 2.24. The molecular formula is C10H8ClNO3. The fourth-order valence-corrected chi connectivity index (χ4v) is 1.32. The number of oxazole rings is 1. The first-order valence-corrected chi connectivity index (χ1v) is 4.73. The first-order valence-electron chi connectivity index (χ1n) is 4.35. The second-order valence-electron chi connectivity index (χ2n) is 3.11. The van der Waals surface area contributed by atoms with Crippen molar-refractivity contribution < 1.29 is 13.6 Å². The maximum absolute atomic E-state index is 10.8. The summed E-state index contributed by atoms with van der Waals surface area (Å²) in [4.78, 5) is 14.8. The van der Waals surface area contributed by atoms with E-state index in [-0.39, 0.29) is 17.4 Å². The van der Waals surface area contributed by atoms with Crippen molar-refractivity contribution in [3.63, 3.8) is 0 Å². The Morgan fingerprint density at radius 1 is 1.47 bits per heavy atom. The van der Waals surface area contributed by atoms with E-state index in [1.807, 2.05) is 0 Å². The van der Waals surface area contributed by atoms with E-state index in [4.69, 9.17) is 20.4 Å². The van der Waals surface area contributed by atoms with Gasteiger partial charge < -0.3 is 8.83 Å². The number of Topliss-reactive ketones (excluding diaryl/α,β-unsaturated/α-hetero) is 1. The minimum atomic E-state index is 0.0233. The molecule has 2 aromatic rings. The second kappa shape index (κ2) is 3.90. The van der Waals surface area contributed by atoms with Gasteiger partial charge in [-0.05, 0) is 30.7 Å². The van der Waals surface area contributed by atoms with E-state index in [1.165, 1.54) is 13.1 Å². The van der Waals surface area contributed by atoms with Gasteiger partial charge in [-0.2, -0.15) is 0 Å². The molecule has 0 atom stereocenters. The maximum Gasteiger partial charge on any atom is 0.263 e. The summed E-state index contributed by atoms with van der Waals surface area (Å²) in [7, 11) is 0. The minimum absolute atomic E-state index is 0.0233. The van der Waals surface area contributed by atoms with Crippen molar-refractivity contribution in [2.45, 2.75) is 13.3 Å². The van der Waals surface area contributed by atoms with E-state index in [0.717, 1.165) is 0 Å². The molecular weight excluding hydrogens is 218 g/mol. The zero-order valence-electron chi connectivity index (χ0n) is 7.99. The number of aromatic nitrogens is 1. The monoisotopic (exact) mass is 225 g/mol. The quantitative estimate of drug-likeness (QED) is 0.806. The fourth-order valence-electron chi connectivity index (χ4n) is 1.18. The highest BCUT2D eigenvalue weighted by Gasteiger charge is 2.11. The average Bonchev–Trinajstić information content (AvgIpc) is 2.72. The van der Waals surface area contributed by atoms with E-state index < -0.39 is 0 Å². The van der Waals surface area contributed by atoms with Gasteiger partial charge in [0.1, 0.15) is 11.5 Å². The van der Waals surface area contributed by atoms with Crippen LogP contribution in [0.25, 0.3) is 11.7 Å². The zero-order chi connectivity index (χ0) is 10.8. The summed E-state index contributed by atoms with van der Waals surface area (Å²) in [5.41, 5.74) is 0. The molecule has 2 aromatic heterocycles. The van der Waals surface area contributed by atoms with Gasteiger partial charge in [-0.15, -0.1) is 0 Å². The van der Waals surface area contributed by atoms with Crippen molar-refractivity contribution in [3.8, 4) is 11.7 Å². The molecule has 15 heavy (non-hydrogen) atoms. The molecule has 0 aliphatic carbocycles. The predicted octanol–water partition coefficient (Wildman–Crippen LogP) is 2.72. The molecule has 4 nitrogen and oxygen atoms in total. The molecule has 0 N–H and O–H groups in total. The van der Waals surface area contributed by atoms with E-state index >= 15 is 0 Å². The Labute approximate surface area is 90.9 Å². The number of rotatable bonds is 3. The molecule has 0 aliphatic heterocycles. The Morgan fingerprint density at radius 2 is 2.27 bits per heavy atom. The van der Waals surface area contributed by atoms with Crippen molar-refractivity contribution in [1.29, 1.82) is 0 Å². The lowest BCUT2D eigenvalue weighted by Crippen LogP contribution is -1.93. The van der Waals surface area contributed by atoms with Crippen LogP contribution in [0.1, 0.15) is 12.7 Å². The van der Waals surface area contributed by atoms with Gasteiger partial charge >= 0.3 is 0 Å². The van der Waals surface area contributed by atoms with Gasteiger partial charge in [0, 0.05) is 0 Å². The van der Waals surface area contributed by atoms with E-state index in [0.29, 0.717) is 17.4 Å². The van der Waals surface area contributed by atoms with Crippen LogP contribution in [0.15, 0.2) is 27.2 Å². The highest BCUT2D eigenvalue weighted by molar-refractivity contribution is 6.28. The average molecular weight is 226 g/mol. The Hall–Kier alpha value is -1.55. The van der Waals surface area contributed by atoms with Gasteiger partial charge in [-0.3, -0.25) is 4.79 Å². The molecule has 78 valence electrons. The lowest BCUT2D eigenvalue weighted by Gasteiger charge is -1.89. The Bertz CT molecular complexity index is 486. The third-order valence-electron chi connectivity index (χ3n) is 1.76. The molecule has 0 radical (unpaired) electrons. The van der Waals surface area contributed by atoms with Crippen LogP contribution in [0.3, 0.4) is 0 Å². The van der Waals surface area contributed by atoms with E-state index in [9.17, 15) is 4.79 Å². The molecule has 0 aromatic carbocycles. The van der Waals surface area contributed by atoms with Crippen molar-refractivity contribution in [3.05, 3.63) is 29.3 Å². The van der Waals surface area contributed by atoms with Crippen LogP contribution < -0.4 is 0 Å². The number of furan rings is 1. The van der Waals surface area contributed by atoms with E-state index in [1.54, 1.807) is 12.1 Å². The van der Waals surface area contributed by atoms with Gasteiger partial charge in [0.05, 0.1) is 12.6 Å². The molecule has 2 rings (SSSR count). The normalized spacial score (nSPS) is 10.5. The van der Waals surface area contributed by atoms with Crippen LogP contribution in [0.2, 0.25) is 5.22 Å². The topological polar surface area (TPSA) is 56.2 Å². The molecule has 5 heteroatoms. The van der Waals surface area contributed by atoms with Crippen LogP contribution >= 0.6 is 11.6 Å². The fraction of sp³-hybridized carbons (Fsp3) is 0.200. The lowest BCUT2D eigenvalue weighted by atomic mass is 10.3. The summed E-state index contributed by atoms with van der Waals surface area (Å²) in [6, 6.07) is 3.26. The number of hydrogen-bond acceptors (Lipinski definition) is 4. The Morgan fingerprint density at radius 3 is 2.87 bits per heavy atom. The van der Waals surface area contributed by atoms with Gasteiger partial charge in [0.25, 0.3) is 5.89 Å². The van der Waals surface area contributed by atoms with Crippen LogP contribution in [0, 0.1) is 0 Å². The number of nitrogens with zero attached hydrogens (tertiary/aromatic N) is 1. The summed E-state index contributed by atoms with van der Waals surface area (Å²) >= 11 is 5.61. The van der Waals surface area contributed by atoms with Crippen LogP contribution in [0.5, 0.6) is 0 Å². The Balaban J connectivity index is 2.23. The van der Waals surface area contributed by atoms with Crippen molar-refractivity contribution in [2.24, 2.45) is 0 Å². The van der Waals surface area contributed by atoms with Crippen molar-refractivity contribution in [1.82, 2.24) is 4.98 Å². The van der Waals surface area contributed by atoms with Crippen molar-refractivity contribution >= 4 is 17.4 Å². The summed E-state index contributed by atoms with van der Waals surface area (Å²) in [5.74, 6) is 1.33. The molecule has 0 unspecified atom stereocenters. The minimum Gasteiger partial charge on any atom is -0.440 e. The molecule has 0 bridgehead atoms. The van der Waals surface area contributed by atoms with Crippen molar-refractivity contribution in [2.75, 3.05) is 0 Å². The molecule has 0 fully saturated rings. The number of hydrogen-bond donors (Lipinski definition) is 0. The smallest absolute Gasteiger partial charge is 0.263 e. The molecule has 0 saturated carbocycles. The van der Waals surface area contributed by atoms with Crippen LogP contribution in [-0.4, -0.2) is 10.8 Å². The van der Waals surface area contributed by atoms with Crippen LogP contribution in [-0.2, 0) is 11.2 Å². The Kier molecular flexibility index (Phi) is 2.60. The summed E-state index contributed by atoms with van der Waals surface area (Å²) in [6.07, 6.45) is 1.74. The summed E-state index contributed by atoms with van der Waals surface area (Å²) in [5, 5.41) is 0.274. The SMILES string of the molecule is CC(=O)Cc1cnc(-c2ccc(Cl)o2)o1. The molecule has 0 amide bonds. The van der Waals surface area contributed by atoms with Gasteiger partial charge in [0.15, 0.2) is 11.0 Å². The van der Waals surface area contributed by atoms with Gasteiger partial charge in [-0.25, -0.2) is 4.98 Å². The van der Waals surface area contributed by atoms with Crippen LogP contribution in [0.4, 0.5) is 0 Å². The summed E-state index contributed by atoms with van der Waals surface area (Å²) in [6.45, 7) is 1.49. The highest BCUT2D eigenvalue weighted by atomic mass is 35.5. The number of carbonyl (C=O) groups excluding carboxylic acids is 1. The third-order valence-corrected chi connectivity index (χ3v) is 1.96. The standard InChI is InChI=1S/C10H8ClNO3/c1-6(13)4-7-5-12-10(14-7)8-2-3-9(11)15-8/h2-3,5H,4H2,1H3. The van der Waals surface area contributed by atoms with Gasteiger partial charge in [0.2, 0.25) is 0 Å². The van der Waals surface area contributed by atoms with Gasteiger partial charge in [-0.1, -0.05) is 0 Å². The zero-order valence-corrected chi connectivity index (χ0v) is 8.75. The predicted molar refractivity (Wildman–Crippen MR) is 53.6 cm³/mol. The molecule has 0 aliphatic rings.